The SMILES string of the molecule is CCN1CCCN(Cc2nnc(C(=O)Nc3ccccc3)s2)C(C)C1.O=C(O)C(F)(F)F. The first-order chi connectivity index (χ1) is 15.1. The lowest BCUT2D eigenvalue weighted by Gasteiger charge is -2.27. The molecule has 0 bridgehead atoms. The number of likely N-dealkylation sites (N-methyl/N-ethyl adjacent to an activating group) is 1. The van der Waals surface area contributed by atoms with Crippen molar-refractivity contribution in [1.82, 2.24) is 20.0 Å². The predicted octanol–water partition coefficient (Wildman–Crippen LogP) is 3.34. The number of carboxylic acids is 1. The van der Waals surface area contributed by atoms with Crippen LogP contribution in [-0.4, -0.2) is 75.4 Å². The van der Waals surface area contributed by atoms with Gasteiger partial charge in [0, 0.05) is 24.8 Å². The van der Waals surface area contributed by atoms with Gasteiger partial charge in [0.25, 0.3) is 5.91 Å². The highest BCUT2D eigenvalue weighted by Crippen LogP contribution is 2.18. The van der Waals surface area contributed by atoms with E-state index in [9.17, 15) is 18.0 Å². The number of benzene rings is 1. The van der Waals surface area contributed by atoms with E-state index >= 15 is 0 Å². The summed E-state index contributed by atoms with van der Waals surface area (Å²) in [6.07, 6.45) is -3.92. The number of halogens is 3. The Bertz CT molecular complexity index is 879. The number of carbonyl (C=O) groups excluding carboxylic acids is 1. The summed E-state index contributed by atoms with van der Waals surface area (Å²) in [6.45, 7) is 9.62. The Morgan fingerprint density at radius 1 is 1.22 bits per heavy atom. The maximum Gasteiger partial charge on any atom is 0.490 e. The Morgan fingerprint density at radius 2 is 1.88 bits per heavy atom. The van der Waals surface area contributed by atoms with Gasteiger partial charge in [-0.1, -0.05) is 36.5 Å². The second-order valence-electron chi connectivity index (χ2n) is 7.19. The van der Waals surface area contributed by atoms with Gasteiger partial charge < -0.3 is 15.3 Å². The van der Waals surface area contributed by atoms with E-state index in [0.717, 1.165) is 43.4 Å². The van der Waals surface area contributed by atoms with Gasteiger partial charge in [-0.2, -0.15) is 13.2 Å². The van der Waals surface area contributed by atoms with Crippen molar-refractivity contribution in [2.75, 3.05) is 31.5 Å². The molecule has 0 radical (unpaired) electrons. The fourth-order valence-corrected chi connectivity index (χ4v) is 3.87. The van der Waals surface area contributed by atoms with Crippen LogP contribution in [0.3, 0.4) is 0 Å². The minimum atomic E-state index is -5.08. The Balaban J connectivity index is 0.000000451. The van der Waals surface area contributed by atoms with Crippen LogP contribution < -0.4 is 5.32 Å². The second-order valence-corrected chi connectivity index (χ2v) is 8.25. The summed E-state index contributed by atoms with van der Waals surface area (Å²) in [4.78, 5) is 26.1. The highest BCUT2D eigenvalue weighted by Gasteiger charge is 2.38. The van der Waals surface area contributed by atoms with Crippen molar-refractivity contribution in [1.29, 1.82) is 0 Å². The number of aliphatic carboxylic acids is 1. The Hall–Kier alpha value is -2.57. The highest BCUT2D eigenvalue weighted by atomic mass is 32.1. The molecule has 1 amide bonds. The van der Waals surface area contributed by atoms with Crippen molar-refractivity contribution in [3.63, 3.8) is 0 Å². The van der Waals surface area contributed by atoms with Crippen molar-refractivity contribution in [2.45, 2.75) is 39.0 Å². The lowest BCUT2D eigenvalue weighted by atomic mass is 10.2. The number of carboxylic acid groups (broad SMARTS) is 1. The zero-order valence-corrected chi connectivity index (χ0v) is 18.6. The number of carbonyl (C=O) groups is 2. The smallest absolute Gasteiger partial charge is 0.475 e. The summed E-state index contributed by atoms with van der Waals surface area (Å²) in [7, 11) is 0. The van der Waals surface area contributed by atoms with Crippen molar-refractivity contribution >= 4 is 28.9 Å². The van der Waals surface area contributed by atoms with Crippen LogP contribution >= 0.6 is 11.3 Å². The molecule has 2 N–H and O–H groups in total. The van der Waals surface area contributed by atoms with Gasteiger partial charge in [0.1, 0.15) is 5.01 Å². The predicted molar refractivity (Wildman–Crippen MR) is 115 cm³/mol. The number of para-hydroxylation sites is 1. The molecule has 1 aliphatic heterocycles. The number of anilines is 1. The fraction of sp³-hybridized carbons (Fsp3) is 0.500. The first-order valence-corrected chi connectivity index (χ1v) is 10.9. The molecule has 1 saturated heterocycles. The second kappa shape index (κ2) is 11.9. The molecule has 2 aromatic rings. The molecule has 176 valence electrons. The topological polar surface area (TPSA) is 98.7 Å². The Kier molecular flexibility index (Phi) is 9.54. The third kappa shape index (κ3) is 8.17. The zero-order valence-electron chi connectivity index (χ0n) is 17.8. The number of aromatic nitrogens is 2. The van der Waals surface area contributed by atoms with E-state index in [4.69, 9.17) is 9.90 Å². The molecule has 0 saturated carbocycles. The molecular formula is C20H26F3N5O3S. The van der Waals surface area contributed by atoms with E-state index in [0.29, 0.717) is 11.0 Å². The molecule has 12 heteroatoms. The number of alkyl halides is 3. The molecule has 1 unspecified atom stereocenters. The molecule has 3 rings (SSSR count). The molecule has 1 aliphatic rings. The van der Waals surface area contributed by atoms with Crippen molar-refractivity contribution < 1.29 is 27.9 Å². The average molecular weight is 474 g/mol. The summed E-state index contributed by atoms with van der Waals surface area (Å²) in [5, 5.41) is 19.6. The van der Waals surface area contributed by atoms with Gasteiger partial charge in [-0.25, -0.2) is 4.79 Å². The Morgan fingerprint density at radius 3 is 2.47 bits per heavy atom. The quantitative estimate of drug-likeness (QED) is 0.687. The normalized spacial score (nSPS) is 17.7. The molecule has 2 heterocycles. The molecule has 8 nitrogen and oxygen atoms in total. The number of amides is 1. The third-order valence-corrected chi connectivity index (χ3v) is 5.69. The fourth-order valence-electron chi connectivity index (χ4n) is 3.11. The molecule has 32 heavy (non-hydrogen) atoms. The highest BCUT2D eigenvalue weighted by molar-refractivity contribution is 7.13. The van der Waals surface area contributed by atoms with Crippen LogP contribution in [0, 0.1) is 0 Å². The zero-order chi connectivity index (χ0) is 23.7. The van der Waals surface area contributed by atoms with Crippen LogP contribution in [0.5, 0.6) is 0 Å². The van der Waals surface area contributed by atoms with Crippen LogP contribution in [-0.2, 0) is 11.3 Å². The van der Waals surface area contributed by atoms with E-state index in [2.05, 4.69) is 39.2 Å². The lowest BCUT2D eigenvalue weighted by molar-refractivity contribution is -0.192. The van der Waals surface area contributed by atoms with Gasteiger partial charge in [0.2, 0.25) is 5.01 Å². The van der Waals surface area contributed by atoms with Gasteiger partial charge in [-0.3, -0.25) is 9.69 Å². The van der Waals surface area contributed by atoms with E-state index in [1.165, 1.54) is 17.8 Å². The van der Waals surface area contributed by atoms with Crippen LogP contribution in [0.4, 0.5) is 18.9 Å². The van der Waals surface area contributed by atoms with Gasteiger partial charge in [0.15, 0.2) is 0 Å². The molecule has 1 atom stereocenters. The lowest BCUT2D eigenvalue weighted by Crippen LogP contribution is -2.38. The van der Waals surface area contributed by atoms with Crippen LogP contribution in [0.25, 0.3) is 0 Å². The summed E-state index contributed by atoms with van der Waals surface area (Å²) < 4.78 is 31.7. The van der Waals surface area contributed by atoms with Gasteiger partial charge >= 0.3 is 12.1 Å². The number of nitrogens with zero attached hydrogens (tertiary/aromatic N) is 4. The largest absolute Gasteiger partial charge is 0.490 e. The minimum Gasteiger partial charge on any atom is -0.475 e. The van der Waals surface area contributed by atoms with E-state index in [1.54, 1.807) is 0 Å². The third-order valence-electron chi connectivity index (χ3n) is 4.79. The van der Waals surface area contributed by atoms with Gasteiger partial charge in [0.05, 0.1) is 6.54 Å². The van der Waals surface area contributed by atoms with Crippen LogP contribution in [0.2, 0.25) is 0 Å². The molecule has 1 fully saturated rings. The van der Waals surface area contributed by atoms with E-state index in [1.807, 2.05) is 30.3 Å². The number of nitrogens with one attached hydrogen (secondary N) is 1. The number of hydrogen-bond donors (Lipinski definition) is 2. The standard InChI is InChI=1S/C18H25N5OS.C2HF3O2/c1-3-22-10-7-11-23(14(2)12-22)13-16-20-21-18(25-16)17(24)19-15-8-5-4-6-9-15;3-2(4,5)1(6)7/h4-6,8-9,14H,3,7,10-13H2,1-2H3,(H,19,24);(H,6,7). The van der Waals surface area contributed by atoms with Crippen LogP contribution in [0.15, 0.2) is 30.3 Å². The van der Waals surface area contributed by atoms with E-state index in [-0.39, 0.29) is 5.91 Å². The summed E-state index contributed by atoms with van der Waals surface area (Å²) in [6, 6.07) is 9.90. The van der Waals surface area contributed by atoms with Crippen LogP contribution in [0.1, 0.15) is 35.1 Å². The monoisotopic (exact) mass is 473 g/mol. The van der Waals surface area contributed by atoms with Gasteiger partial charge in [-0.15, -0.1) is 10.2 Å². The molecule has 1 aromatic heterocycles. The van der Waals surface area contributed by atoms with Crippen molar-refractivity contribution in [2.24, 2.45) is 0 Å². The molecular weight excluding hydrogens is 447 g/mol. The maximum absolute atomic E-state index is 12.3. The van der Waals surface area contributed by atoms with Crippen molar-refractivity contribution in [3.05, 3.63) is 40.3 Å². The van der Waals surface area contributed by atoms with Gasteiger partial charge in [-0.05, 0) is 38.6 Å². The summed E-state index contributed by atoms with van der Waals surface area (Å²) in [5.41, 5.74) is 0.769. The van der Waals surface area contributed by atoms with Crippen molar-refractivity contribution in [3.8, 4) is 0 Å². The average Bonchev–Trinajstić information content (AvgIpc) is 3.13. The summed E-state index contributed by atoms with van der Waals surface area (Å²) in [5.74, 6) is -2.96. The molecule has 0 spiro atoms. The molecule has 1 aromatic carbocycles. The number of rotatable bonds is 5. The van der Waals surface area contributed by atoms with E-state index < -0.39 is 12.1 Å². The Labute approximate surface area is 188 Å². The molecule has 0 aliphatic carbocycles. The summed E-state index contributed by atoms with van der Waals surface area (Å²) >= 11 is 1.38. The first kappa shape index (κ1) is 25.7. The first-order valence-electron chi connectivity index (χ1n) is 10.1. The maximum atomic E-state index is 12.3. The minimum absolute atomic E-state index is 0.198. The number of hydrogen-bond acceptors (Lipinski definition) is 7.